The molecule has 0 aliphatic heterocycles. The highest BCUT2D eigenvalue weighted by atomic mass is 16.5. The van der Waals surface area contributed by atoms with Crippen molar-refractivity contribution in [2.75, 3.05) is 21.3 Å². The third-order valence-corrected chi connectivity index (χ3v) is 3.05. The first-order chi connectivity index (χ1) is 11.1. The van der Waals surface area contributed by atoms with Crippen molar-refractivity contribution in [3.05, 3.63) is 41.3 Å². The van der Waals surface area contributed by atoms with E-state index in [2.05, 4.69) is 10.5 Å². The molecule has 0 atom stereocenters. The minimum Gasteiger partial charge on any atom is -0.493 e. The van der Waals surface area contributed by atoms with Crippen LogP contribution in [-0.4, -0.2) is 33.5 Å². The van der Waals surface area contributed by atoms with Gasteiger partial charge in [-0.3, -0.25) is 4.79 Å². The van der Waals surface area contributed by atoms with E-state index in [1.54, 1.807) is 18.2 Å². The van der Waals surface area contributed by atoms with Gasteiger partial charge in [-0.1, -0.05) is 0 Å². The van der Waals surface area contributed by atoms with E-state index in [-0.39, 0.29) is 0 Å². The number of amides is 1. The second-order valence-electron chi connectivity index (χ2n) is 4.56. The lowest BCUT2D eigenvalue weighted by atomic mass is 10.1. The first kappa shape index (κ1) is 16.4. The molecule has 0 unspecified atom stereocenters. The largest absolute Gasteiger partial charge is 0.493 e. The molecule has 0 aliphatic rings. The second-order valence-corrected chi connectivity index (χ2v) is 4.56. The van der Waals surface area contributed by atoms with Crippen molar-refractivity contribution in [3.63, 3.8) is 0 Å². The van der Waals surface area contributed by atoms with Crippen LogP contribution in [0.3, 0.4) is 0 Å². The Morgan fingerprint density at radius 2 is 1.78 bits per heavy atom. The Bertz CT molecular complexity index is 696. The molecule has 0 aliphatic carbocycles. The van der Waals surface area contributed by atoms with Gasteiger partial charge < -0.3 is 18.6 Å². The normalized spacial score (nSPS) is 10.6. The summed E-state index contributed by atoms with van der Waals surface area (Å²) in [5.74, 6) is 2.10. The van der Waals surface area contributed by atoms with E-state index < -0.39 is 5.91 Å². The van der Waals surface area contributed by atoms with Gasteiger partial charge in [-0.2, -0.15) is 5.10 Å². The van der Waals surface area contributed by atoms with Crippen LogP contribution in [0.2, 0.25) is 0 Å². The Morgan fingerprint density at radius 1 is 1.13 bits per heavy atom. The lowest BCUT2D eigenvalue weighted by Gasteiger charge is -2.13. The third-order valence-electron chi connectivity index (χ3n) is 3.05. The number of hydrazone groups is 1. The van der Waals surface area contributed by atoms with Gasteiger partial charge in [-0.05, 0) is 31.2 Å². The van der Waals surface area contributed by atoms with Crippen molar-refractivity contribution < 1.29 is 23.4 Å². The zero-order chi connectivity index (χ0) is 16.8. The van der Waals surface area contributed by atoms with Crippen molar-refractivity contribution in [1.29, 1.82) is 0 Å². The van der Waals surface area contributed by atoms with Gasteiger partial charge in [0, 0.05) is 5.56 Å². The second kappa shape index (κ2) is 7.35. The molecule has 7 nitrogen and oxygen atoms in total. The Morgan fingerprint density at radius 3 is 2.26 bits per heavy atom. The molecule has 0 saturated heterocycles. The average Bonchev–Trinajstić information content (AvgIpc) is 2.98. The highest BCUT2D eigenvalue weighted by Crippen LogP contribution is 2.38. The number of methoxy groups -OCH3 is 3. The van der Waals surface area contributed by atoms with Crippen molar-refractivity contribution in [2.45, 2.75) is 6.92 Å². The van der Waals surface area contributed by atoms with E-state index >= 15 is 0 Å². The Balaban J connectivity index is 2.17. The number of benzene rings is 1. The van der Waals surface area contributed by atoms with E-state index in [0.717, 1.165) is 5.76 Å². The molecule has 0 radical (unpaired) electrons. The molecule has 2 aromatic rings. The summed E-state index contributed by atoms with van der Waals surface area (Å²) in [5, 5.41) is 3.85. The highest BCUT2D eigenvalue weighted by molar-refractivity contribution is 5.96. The molecule has 0 saturated carbocycles. The molecule has 23 heavy (non-hydrogen) atoms. The van der Waals surface area contributed by atoms with Crippen molar-refractivity contribution in [1.82, 2.24) is 5.43 Å². The minimum absolute atomic E-state index is 0.326. The van der Waals surface area contributed by atoms with Crippen molar-refractivity contribution in [3.8, 4) is 17.2 Å². The summed E-state index contributed by atoms with van der Waals surface area (Å²) in [5.41, 5.74) is 2.74. The lowest BCUT2D eigenvalue weighted by molar-refractivity contribution is 0.0954. The van der Waals surface area contributed by atoms with Crippen molar-refractivity contribution in [2.24, 2.45) is 5.10 Å². The summed E-state index contributed by atoms with van der Waals surface area (Å²) in [6, 6.07) is 6.65. The van der Waals surface area contributed by atoms with Gasteiger partial charge >= 0.3 is 0 Å². The number of nitrogens with one attached hydrogen (secondary N) is 1. The van der Waals surface area contributed by atoms with Crippen LogP contribution in [0.4, 0.5) is 0 Å². The summed E-state index contributed by atoms with van der Waals surface area (Å²) in [7, 11) is 4.46. The molecule has 7 heteroatoms. The van der Waals surface area contributed by atoms with Gasteiger partial charge in [0.2, 0.25) is 5.75 Å². The fourth-order valence-electron chi connectivity index (χ4n) is 1.95. The molecule has 0 bridgehead atoms. The maximum Gasteiger partial charge on any atom is 0.271 e. The molecule has 1 aromatic heterocycles. The number of furan rings is 1. The van der Waals surface area contributed by atoms with Gasteiger partial charge in [-0.15, -0.1) is 0 Å². The quantitative estimate of drug-likeness (QED) is 0.653. The number of nitrogens with zero attached hydrogens (tertiary/aromatic N) is 1. The van der Waals surface area contributed by atoms with Crippen LogP contribution in [0.25, 0.3) is 0 Å². The van der Waals surface area contributed by atoms with Crippen LogP contribution < -0.4 is 19.6 Å². The summed E-state index contributed by atoms with van der Waals surface area (Å²) in [6.07, 6.45) is 1.42. The molecule has 0 fully saturated rings. The van der Waals surface area contributed by atoms with Crippen molar-refractivity contribution >= 4 is 12.1 Å². The molecule has 1 N–H and O–H groups in total. The SMILES string of the molecule is COc1cc(C(=O)N/N=C\c2ccc(C)o2)cc(OC)c1OC. The van der Waals surface area contributed by atoms with E-state index in [4.69, 9.17) is 18.6 Å². The molecule has 2 rings (SSSR count). The number of ether oxygens (including phenoxy) is 3. The first-order valence-electron chi connectivity index (χ1n) is 6.79. The highest BCUT2D eigenvalue weighted by Gasteiger charge is 2.16. The van der Waals surface area contributed by atoms with Gasteiger partial charge in [0.25, 0.3) is 5.91 Å². The van der Waals surface area contributed by atoms with Crippen LogP contribution in [-0.2, 0) is 0 Å². The maximum atomic E-state index is 12.2. The molecular formula is C16H18N2O5. The van der Waals surface area contributed by atoms with E-state index in [0.29, 0.717) is 28.6 Å². The predicted molar refractivity (Wildman–Crippen MR) is 84.6 cm³/mol. The van der Waals surface area contributed by atoms with Gasteiger partial charge in [0.1, 0.15) is 11.5 Å². The molecule has 1 heterocycles. The van der Waals surface area contributed by atoms with Crippen LogP contribution in [0.5, 0.6) is 17.2 Å². The molecule has 122 valence electrons. The summed E-state index contributed by atoms with van der Waals surface area (Å²) in [4.78, 5) is 12.2. The van der Waals surface area contributed by atoms with Gasteiger partial charge in [-0.25, -0.2) is 5.43 Å². The zero-order valence-corrected chi connectivity index (χ0v) is 13.4. The van der Waals surface area contributed by atoms with Gasteiger partial charge in [0.15, 0.2) is 11.5 Å². The molecule has 1 aromatic carbocycles. The number of rotatable bonds is 6. The topological polar surface area (TPSA) is 82.3 Å². The monoisotopic (exact) mass is 318 g/mol. The number of carbonyl (C=O) groups excluding carboxylic acids is 1. The average molecular weight is 318 g/mol. The fourth-order valence-corrected chi connectivity index (χ4v) is 1.95. The minimum atomic E-state index is -0.413. The lowest BCUT2D eigenvalue weighted by Crippen LogP contribution is -2.18. The summed E-state index contributed by atoms with van der Waals surface area (Å²) >= 11 is 0. The van der Waals surface area contributed by atoms with Crippen LogP contribution in [0, 0.1) is 6.92 Å². The van der Waals surface area contributed by atoms with Gasteiger partial charge in [0.05, 0.1) is 27.5 Å². The zero-order valence-electron chi connectivity index (χ0n) is 13.4. The first-order valence-corrected chi connectivity index (χ1v) is 6.79. The smallest absolute Gasteiger partial charge is 0.271 e. The number of hydrogen-bond donors (Lipinski definition) is 1. The third kappa shape index (κ3) is 3.82. The van der Waals surface area contributed by atoms with Crippen LogP contribution in [0.15, 0.2) is 33.8 Å². The van der Waals surface area contributed by atoms with E-state index in [1.165, 1.54) is 27.5 Å². The maximum absolute atomic E-state index is 12.2. The number of aryl methyl sites for hydroxylation is 1. The van der Waals surface area contributed by atoms with Crippen LogP contribution >= 0.6 is 0 Å². The Labute approximate surface area is 133 Å². The standard InChI is InChI=1S/C16H18N2O5/c1-10-5-6-12(23-10)9-17-18-16(19)11-7-13(20-2)15(22-4)14(8-11)21-3/h5-9H,1-4H3,(H,18,19)/b17-9-. The number of carbonyl (C=O) groups is 1. The predicted octanol–water partition coefficient (Wildman–Crippen LogP) is 2.38. The fraction of sp³-hybridized carbons (Fsp3) is 0.250. The molecule has 0 spiro atoms. The molecular weight excluding hydrogens is 300 g/mol. The number of hydrogen-bond acceptors (Lipinski definition) is 6. The Kier molecular flexibility index (Phi) is 5.24. The van der Waals surface area contributed by atoms with Crippen LogP contribution in [0.1, 0.15) is 21.9 Å². The summed E-state index contributed by atoms with van der Waals surface area (Å²) in [6.45, 7) is 1.83. The van der Waals surface area contributed by atoms with E-state index in [9.17, 15) is 4.79 Å². The van der Waals surface area contributed by atoms with E-state index in [1.807, 2.05) is 13.0 Å². The molecule has 1 amide bonds. The Hall–Kier alpha value is -2.96. The summed E-state index contributed by atoms with van der Waals surface area (Å²) < 4.78 is 20.9.